The third-order valence-corrected chi connectivity index (χ3v) is 3.42. The summed E-state index contributed by atoms with van der Waals surface area (Å²) in [5.74, 6) is -1.64. The molecule has 1 fully saturated rings. The molecular weight excluding hydrogens is 277 g/mol. The Kier molecular flexibility index (Phi) is 4.74. The highest BCUT2D eigenvalue weighted by Crippen LogP contribution is 2.14. The van der Waals surface area contributed by atoms with Gasteiger partial charge in [0, 0.05) is 31.9 Å². The summed E-state index contributed by atoms with van der Waals surface area (Å²) in [4.78, 5) is 27.5. The van der Waals surface area contributed by atoms with Crippen molar-refractivity contribution in [1.29, 1.82) is 0 Å². The van der Waals surface area contributed by atoms with E-state index in [4.69, 9.17) is 10.5 Å². The number of benzene rings is 1. The number of hydrogen-bond acceptors (Lipinski definition) is 5. The van der Waals surface area contributed by atoms with E-state index in [0.717, 1.165) is 25.2 Å². The molecular formula is C14H18FN3O3. The van der Waals surface area contributed by atoms with E-state index in [1.165, 1.54) is 6.07 Å². The molecule has 1 aliphatic heterocycles. The standard InChI is InChI=1S/C14H18FN3O3/c1-17-4-6-18(7-5-17)13(19)9-21-14(20)11-8-10(15)2-3-12(11)16/h2-3,8H,4-7,9,16H2,1H3. The van der Waals surface area contributed by atoms with E-state index in [0.29, 0.717) is 13.1 Å². The van der Waals surface area contributed by atoms with Crippen LogP contribution in [0.2, 0.25) is 0 Å². The molecule has 1 aromatic rings. The van der Waals surface area contributed by atoms with Crippen molar-refractivity contribution in [3.63, 3.8) is 0 Å². The largest absolute Gasteiger partial charge is 0.452 e. The van der Waals surface area contributed by atoms with E-state index in [1.807, 2.05) is 7.05 Å². The highest BCUT2D eigenvalue weighted by atomic mass is 19.1. The first-order valence-corrected chi connectivity index (χ1v) is 6.66. The Morgan fingerprint density at radius 2 is 1.95 bits per heavy atom. The first kappa shape index (κ1) is 15.2. The normalized spacial score (nSPS) is 15.8. The van der Waals surface area contributed by atoms with Crippen LogP contribution >= 0.6 is 0 Å². The first-order chi connectivity index (χ1) is 9.97. The zero-order valence-electron chi connectivity index (χ0n) is 11.8. The average Bonchev–Trinajstić information content (AvgIpc) is 2.47. The van der Waals surface area contributed by atoms with E-state index in [9.17, 15) is 14.0 Å². The fraction of sp³-hybridized carbons (Fsp3) is 0.429. The van der Waals surface area contributed by atoms with Gasteiger partial charge in [-0.1, -0.05) is 0 Å². The van der Waals surface area contributed by atoms with Crippen LogP contribution in [-0.4, -0.2) is 61.5 Å². The molecule has 2 N–H and O–H groups in total. The maximum atomic E-state index is 13.1. The van der Waals surface area contributed by atoms with Gasteiger partial charge in [-0.15, -0.1) is 0 Å². The number of nitrogen functional groups attached to an aromatic ring is 1. The molecule has 1 heterocycles. The molecule has 1 saturated heterocycles. The van der Waals surface area contributed by atoms with E-state index in [-0.39, 0.29) is 23.8 Å². The highest BCUT2D eigenvalue weighted by Gasteiger charge is 2.21. The van der Waals surface area contributed by atoms with E-state index < -0.39 is 11.8 Å². The summed E-state index contributed by atoms with van der Waals surface area (Å²) in [6.07, 6.45) is 0. The minimum Gasteiger partial charge on any atom is -0.452 e. The zero-order valence-corrected chi connectivity index (χ0v) is 11.8. The predicted molar refractivity (Wildman–Crippen MR) is 75.2 cm³/mol. The maximum absolute atomic E-state index is 13.1. The average molecular weight is 295 g/mol. The highest BCUT2D eigenvalue weighted by molar-refractivity contribution is 5.96. The number of carbonyl (C=O) groups is 2. The molecule has 0 radical (unpaired) electrons. The van der Waals surface area contributed by atoms with Gasteiger partial charge >= 0.3 is 5.97 Å². The van der Waals surface area contributed by atoms with Crippen LogP contribution in [0.4, 0.5) is 10.1 Å². The van der Waals surface area contributed by atoms with Crippen LogP contribution in [0.3, 0.4) is 0 Å². The van der Waals surface area contributed by atoms with Gasteiger partial charge in [0.05, 0.1) is 5.56 Å². The van der Waals surface area contributed by atoms with Crippen LogP contribution in [0.15, 0.2) is 18.2 Å². The molecule has 0 aromatic heterocycles. The number of likely N-dealkylation sites (N-methyl/N-ethyl adjacent to an activating group) is 1. The molecule has 0 spiro atoms. The molecule has 2 rings (SSSR count). The second-order valence-electron chi connectivity index (χ2n) is 4.99. The molecule has 1 aliphatic rings. The summed E-state index contributed by atoms with van der Waals surface area (Å²) < 4.78 is 18.0. The number of esters is 1. The summed E-state index contributed by atoms with van der Waals surface area (Å²) in [7, 11) is 1.98. The molecule has 0 bridgehead atoms. The maximum Gasteiger partial charge on any atom is 0.340 e. The van der Waals surface area contributed by atoms with Crippen LogP contribution in [-0.2, 0) is 9.53 Å². The smallest absolute Gasteiger partial charge is 0.340 e. The molecule has 1 aromatic carbocycles. The van der Waals surface area contributed by atoms with Gasteiger partial charge in [-0.2, -0.15) is 0 Å². The van der Waals surface area contributed by atoms with Gasteiger partial charge in [-0.05, 0) is 25.2 Å². The lowest BCUT2D eigenvalue weighted by atomic mass is 10.2. The summed E-state index contributed by atoms with van der Waals surface area (Å²) in [6.45, 7) is 2.43. The Hall–Kier alpha value is -2.15. The van der Waals surface area contributed by atoms with Gasteiger partial charge < -0.3 is 20.3 Å². The molecule has 114 valence electrons. The van der Waals surface area contributed by atoms with Crippen LogP contribution in [0.1, 0.15) is 10.4 Å². The van der Waals surface area contributed by atoms with Crippen LogP contribution in [0.25, 0.3) is 0 Å². The Morgan fingerprint density at radius 1 is 1.29 bits per heavy atom. The molecule has 21 heavy (non-hydrogen) atoms. The van der Waals surface area contributed by atoms with Crippen molar-refractivity contribution in [2.24, 2.45) is 0 Å². The quantitative estimate of drug-likeness (QED) is 0.643. The predicted octanol–water partition coefficient (Wildman–Crippen LogP) is 0.339. The van der Waals surface area contributed by atoms with Gasteiger partial charge in [-0.3, -0.25) is 4.79 Å². The Bertz CT molecular complexity index is 542. The molecule has 0 saturated carbocycles. The summed E-state index contributed by atoms with van der Waals surface area (Å²) in [6, 6.07) is 3.44. The first-order valence-electron chi connectivity index (χ1n) is 6.66. The number of nitrogens with two attached hydrogens (primary N) is 1. The number of hydrogen-bond donors (Lipinski definition) is 1. The number of anilines is 1. The SMILES string of the molecule is CN1CCN(C(=O)COC(=O)c2cc(F)ccc2N)CC1. The minimum atomic E-state index is -0.797. The monoisotopic (exact) mass is 295 g/mol. The second-order valence-corrected chi connectivity index (χ2v) is 4.99. The Labute approximate surface area is 122 Å². The van der Waals surface area contributed by atoms with Gasteiger partial charge in [0.15, 0.2) is 6.61 Å². The Morgan fingerprint density at radius 3 is 2.62 bits per heavy atom. The van der Waals surface area contributed by atoms with Gasteiger partial charge in [0.1, 0.15) is 5.82 Å². The van der Waals surface area contributed by atoms with Crippen molar-refractivity contribution in [2.75, 3.05) is 45.6 Å². The van der Waals surface area contributed by atoms with E-state index in [2.05, 4.69) is 4.90 Å². The van der Waals surface area contributed by atoms with Crippen LogP contribution < -0.4 is 5.73 Å². The van der Waals surface area contributed by atoms with Crippen LogP contribution in [0, 0.1) is 5.82 Å². The number of piperazine rings is 1. The van der Waals surface area contributed by atoms with Gasteiger partial charge in [0.25, 0.3) is 5.91 Å². The topological polar surface area (TPSA) is 75.9 Å². The fourth-order valence-corrected chi connectivity index (χ4v) is 2.06. The van der Waals surface area contributed by atoms with Gasteiger partial charge in [-0.25, -0.2) is 9.18 Å². The summed E-state index contributed by atoms with van der Waals surface area (Å²) in [5.41, 5.74) is 5.64. The van der Waals surface area contributed by atoms with E-state index >= 15 is 0 Å². The van der Waals surface area contributed by atoms with Crippen molar-refractivity contribution < 1.29 is 18.7 Å². The molecule has 7 heteroatoms. The van der Waals surface area contributed by atoms with Crippen molar-refractivity contribution >= 4 is 17.6 Å². The lowest BCUT2D eigenvalue weighted by Gasteiger charge is -2.32. The van der Waals surface area contributed by atoms with Crippen molar-refractivity contribution in [3.05, 3.63) is 29.6 Å². The number of carbonyl (C=O) groups excluding carboxylic acids is 2. The van der Waals surface area contributed by atoms with Gasteiger partial charge in [0.2, 0.25) is 0 Å². The zero-order chi connectivity index (χ0) is 15.4. The molecule has 1 amide bonds. The number of ether oxygens (including phenoxy) is 1. The number of rotatable bonds is 3. The molecule has 0 atom stereocenters. The van der Waals surface area contributed by atoms with Crippen molar-refractivity contribution in [3.8, 4) is 0 Å². The third kappa shape index (κ3) is 3.91. The number of amides is 1. The number of nitrogens with zero attached hydrogens (tertiary/aromatic N) is 2. The number of halogens is 1. The lowest BCUT2D eigenvalue weighted by molar-refractivity contribution is -0.136. The minimum absolute atomic E-state index is 0.0684. The van der Waals surface area contributed by atoms with E-state index in [1.54, 1.807) is 4.90 Å². The van der Waals surface area contributed by atoms with Crippen molar-refractivity contribution in [1.82, 2.24) is 9.80 Å². The lowest BCUT2D eigenvalue weighted by Crippen LogP contribution is -2.48. The fourth-order valence-electron chi connectivity index (χ4n) is 2.06. The second kappa shape index (κ2) is 6.53. The van der Waals surface area contributed by atoms with Crippen molar-refractivity contribution in [2.45, 2.75) is 0 Å². The molecule has 0 aliphatic carbocycles. The molecule has 6 nitrogen and oxygen atoms in total. The third-order valence-electron chi connectivity index (χ3n) is 3.42. The summed E-state index contributed by atoms with van der Waals surface area (Å²) in [5, 5.41) is 0. The Balaban J connectivity index is 1.89. The summed E-state index contributed by atoms with van der Waals surface area (Å²) >= 11 is 0. The van der Waals surface area contributed by atoms with Crippen LogP contribution in [0.5, 0.6) is 0 Å². The molecule has 0 unspecified atom stereocenters.